The van der Waals surface area contributed by atoms with Crippen LogP contribution in [-0.4, -0.2) is 41.9 Å². The number of hydrogen-bond donors (Lipinski definition) is 3. The molecule has 1 aromatic rings. The molecule has 28 heavy (non-hydrogen) atoms. The van der Waals surface area contributed by atoms with Crippen molar-refractivity contribution in [1.29, 1.82) is 0 Å². The van der Waals surface area contributed by atoms with Crippen LogP contribution in [-0.2, 0) is 4.79 Å². The standard InChI is InChI=1S/C20H25ClN4O2S/c1-25(10-12-2-3-12)9-8-15-16(11-25)28-19(17(15)18(22)26)24-20(27)23-14-6-4-13(21)5-7-14/h4-7,11-12,15,17,19H,2-3,8-10H2,1H3,(H3-,22,23,24,26,27)/p+1. The highest BCUT2D eigenvalue weighted by Crippen LogP contribution is 2.50. The Balaban J connectivity index is 1.46. The lowest BCUT2D eigenvalue weighted by Crippen LogP contribution is -2.48. The molecule has 1 aliphatic carbocycles. The summed E-state index contributed by atoms with van der Waals surface area (Å²) in [5.41, 5.74) is 6.37. The van der Waals surface area contributed by atoms with Gasteiger partial charge in [-0.2, -0.15) is 0 Å². The number of urea groups is 1. The number of benzene rings is 1. The summed E-state index contributed by atoms with van der Waals surface area (Å²) in [6.07, 6.45) is 5.87. The Morgan fingerprint density at radius 1 is 1.25 bits per heavy atom. The largest absolute Gasteiger partial charge is 0.369 e. The highest BCUT2D eigenvalue weighted by atomic mass is 35.5. The van der Waals surface area contributed by atoms with Crippen LogP contribution in [0.5, 0.6) is 0 Å². The van der Waals surface area contributed by atoms with Crippen molar-refractivity contribution in [1.82, 2.24) is 5.32 Å². The molecule has 3 amide bonds. The van der Waals surface area contributed by atoms with E-state index >= 15 is 0 Å². The molecule has 4 atom stereocenters. The highest BCUT2D eigenvalue weighted by molar-refractivity contribution is 8.04. The van der Waals surface area contributed by atoms with Crippen molar-refractivity contribution in [2.75, 3.05) is 25.5 Å². The lowest BCUT2D eigenvalue weighted by molar-refractivity contribution is -0.864. The molecule has 0 spiro atoms. The predicted octanol–water partition coefficient (Wildman–Crippen LogP) is 3.35. The second-order valence-corrected chi connectivity index (χ2v) is 9.98. The number of carbonyl (C=O) groups is 2. The molecule has 4 N–H and O–H groups in total. The van der Waals surface area contributed by atoms with Gasteiger partial charge in [-0.05, 0) is 37.1 Å². The van der Waals surface area contributed by atoms with Gasteiger partial charge in [-0.25, -0.2) is 4.79 Å². The minimum Gasteiger partial charge on any atom is -0.369 e. The van der Waals surface area contributed by atoms with Gasteiger partial charge >= 0.3 is 6.03 Å². The Morgan fingerprint density at radius 2 is 1.96 bits per heavy atom. The maximum absolute atomic E-state index is 12.5. The number of halogens is 1. The number of thioether (sulfide) groups is 1. The first-order valence-electron chi connectivity index (χ1n) is 9.69. The summed E-state index contributed by atoms with van der Waals surface area (Å²) in [5, 5.41) is 5.98. The third-order valence-electron chi connectivity index (χ3n) is 5.85. The van der Waals surface area contributed by atoms with Crippen molar-refractivity contribution in [2.45, 2.75) is 24.6 Å². The van der Waals surface area contributed by atoms with Crippen LogP contribution in [0.3, 0.4) is 0 Å². The van der Waals surface area contributed by atoms with Crippen LogP contribution in [0, 0.1) is 17.8 Å². The maximum atomic E-state index is 12.5. The number of anilines is 1. The molecule has 1 saturated carbocycles. The molecule has 0 aromatic heterocycles. The van der Waals surface area contributed by atoms with E-state index in [1.807, 2.05) is 0 Å². The molecule has 4 rings (SSSR count). The average molecular weight is 422 g/mol. The quantitative estimate of drug-likeness (QED) is 0.637. The fourth-order valence-corrected chi connectivity index (χ4v) is 6.09. The van der Waals surface area contributed by atoms with Gasteiger partial charge in [0, 0.05) is 33.9 Å². The molecule has 2 aliphatic heterocycles. The predicted molar refractivity (Wildman–Crippen MR) is 113 cm³/mol. The molecular formula is C20H26ClN4O2S+. The molecule has 8 heteroatoms. The van der Waals surface area contributed by atoms with E-state index in [4.69, 9.17) is 17.3 Å². The summed E-state index contributed by atoms with van der Waals surface area (Å²) in [6.45, 7) is 2.17. The van der Waals surface area contributed by atoms with Crippen LogP contribution < -0.4 is 16.4 Å². The zero-order valence-corrected chi connectivity index (χ0v) is 17.4. The van der Waals surface area contributed by atoms with E-state index in [2.05, 4.69) is 23.9 Å². The van der Waals surface area contributed by atoms with Gasteiger partial charge in [-0.1, -0.05) is 23.4 Å². The van der Waals surface area contributed by atoms with Crippen molar-refractivity contribution in [3.05, 3.63) is 40.4 Å². The summed E-state index contributed by atoms with van der Waals surface area (Å²) in [4.78, 5) is 25.8. The van der Waals surface area contributed by atoms with E-state index in [1.165, 1.54) is 17.7 Å². The zero-order chi connectivity index (χ0) is 19.9. The van der Waals surface area contributed by atoms with Gasteiger partial charge in [-0.3, -0.25) is 9.28 Å². The average Bonchev–Trinajstić information content (AvgIpc) is 3.35. The molecule has 0 bridgehead atoms. The number of rotatable bonds is 5. The van der Waals surface area contributed by atoms with Crippen molar-refractivity contribution in [2.24, 2.45) is 23.5 Å². The normalized spacial score (nSPS) is 31.6. The number of quaternary nitrogens is 1. The van der Waals surface area contributed by atoms with Crippen LogP contribution >= 0.6 is 23.4 Å². The summed E-state index contributed by atoms with van der Waals surface area (Å²) in [7, 11) is 2.26. The molecule has 6 nitrogen and oxygen atoms in total. The summed E-state index contributed by atoms with van der Waals surface area (Å²) in [6, 6.07) is 6.55. The fraction of sp³-hybridized carbons (Fsp3) is 0.500. The molecule has 2 fully saturated rings. The maximum Gasteiger partial charge on any atom is 0.320 e. The number of allylic oxidation sites excluding steroid dienone is 1. The summed E-state index contributed by atoms with van der Waals surface area (Å²) in [5.74, 6) is 0.197. The molecule has 3 aliphatic rings. The Hall–Kier alpha value is -1.70. The number of nitrogens with two attached hydrogens (primary N) is 1. The first kappa shape index (κ1) is 19.6. The van der Waals surface area contributed by atoms with E-state index in [0.717, 1.165) is 29.9 Å². The van der Waals surface area contributed by atoms with E-state index in [9.17, 15) is 9.59 Å². The van der Waals surface area contributed by atoms with E-state index < -0.39 is 0 Å². The van der Waals surface area contributed by atoms with Gasteiger partial charge in [0.05, 0.1) is 31.4 Å². The zero-order valence-electron chi connectivity index (χ0n) is 15.9. The molecule has 1 aromatic carbocycles. The molecule has 2 heterocycles. The Labute approximate surface area is 174 Å². The van der Waals surface area contributed by atoms with Crippen molar-refractivity contribution >= 4 is 41.0 Å². The van der Waals surface area contributed by atoms with Crippen molar-refractivity contribution in [3.8, 4) is 0 Å². The van der Waals surface area contributed by atoms with Crippen molar-refractivity contribution in [3.63, 3.8) is 0 Å². The Morgan fingerprint density at radius 3 is 2.61 bits per heavy atom. The number of carbonyl (C=O) groups excluding carboxylic acids is 2. The minimum absolute atomic E-state index is 0.105. The number of primary amides is 1. The molecule has 1 saturated heterocycles. The minimum atomic E-state index is -0.387. The topological polar surface area (TPSA) is 84.2 Å². The van der Waals surface area contributed by atoms with Gasteiger partial charge in [0.15, 0.2) is 0 Å². The lowest BCUT2D eigenvalue weighted by Gasteiger charge is -2.36. The van der Waals surface area contributed by atoms with E-state index in [-0.39, 0.29) is 29.1 Å². The van der Waals surface area contributed by atoms with E-state index in [0.29, 0.717) is 10.7 Å². The van der Waals surface area contributed by atoms with Gasteiger partial charge in [0.1, 0.15) is 6.20 Å². The molecule has 4 unspecified atom stereocenters. The van der Waals surface area contributed by atoms with Gasteiger partial charge < -0.3 is 16.4 Å². The number of nitrogens with zero attached hydrogens (tertiary/aromatic N) is 1. The SMILES string of the molecule is C[N+]1(CC2CC2)C=C2SC(NC(=O)Nc3ccc(Cl)cc3)C(C(N)=O)C2CC1. The Bertz CT molecular complexity index is 811. The molecule has 0 radical (unpaired) electrons. The van der Waals surface area contributed by atoms with Crippen LogP contribution in [0.1, 0.15) is 19.3 Å². The third-order valence-corrected chi connectivity index (χ3v) is 7.45. The first-order chi connectivity index (χ1) is 13.3. The fourth-order valence-electron chi connectivity index (χ4n) is 4.28. The number of fused-ring (bicyclic) bond motifs is 1. The monoisotopic (exact) mass is 421 g/mol. The summed E-state index contributed by atoms with van der Waals surface area (Å²) < 4.78 is 0.915. The smallest absolute Gasteiger partial charge is 0.320 e. The summed E-state index contributed by atoms with van der Waals surface area (Å²) >= 11 is 7.45. The van der Waals surface area contributed by atoms with Gasteiger partial charge in [-0.15, -0.1) is 0 Å². The van der Waals surface area contributed by atoms with Crippen molar-refractivity contribution < 1.29 is 14.1 Å². The second-order valence-electron chi connectivity index (χ2n) is 8.33. The molecular weight excluding hydrogens is 396 g/mol. The first-order valence-corrected chi connectivity index (χ1v) is 10.9. The lowest BCUT2D eigenvalue weighted by atomic mass is 9.86. The van der Waals surface area contributed by atoms with Crippen LogP contribution in [0.4, 0.5) is 10.5 Å². The number of hydrogen-bond acceptors (Lipinski definition) is 3. The van der Waals surface area contributed by atoms with Gasteiger partial charge in [0.2, 0.25) is 5.91 Å². The number of amides is 3. The van der Waals surface area contributed by atoms with Gasteiger partial charge in [0.25, 0.3) is 0 Å². The van der Waals surface area contributed by atoms with Crippen LogP contribution in [0.15, 0.2) is 35.4 Å². The van der Waals surface area contributed by atoms with Crippen LogP contribution in [0.25, 0.3) is 0 Å². The Kier molecular flexibility index (Phi) is 5.33. The van der Waals surface area contributed by atoms with Crippen LogP contribution in [0.2, 0.25) is 5.02 Å². The molecule has 150 valence electrons. The van der Waals surface area contributed by atoms with E-state index in [1.54, 1.807) is 36.0 Å². The number of nitrogens with one attached hydrogen (secondary N) is 2. The third kappa shape index (κ3) is 4.31. The second kappa shape index (κ2) is 7.61. The highest BCUT2D eigenvalue weighted by Gasteiger charge is 2.49.